The van der Waals surface area contributed by atoms with E-state index in [2.05, 4.69) is 14.6 Å². The zero-order valence-corrected chi connectivity index (χ0v) is 19.0. The first-order valence-electron chi connectivity index (χ1n) is 9.88. The second-order valence-electron chi connectivity index (χ2n) is 7.16. The number of rotatable bonds is 7. The summed E-state index contributed by atoms with van der Waals surface area (Å²) in [7, 11) is 0. The fourth-order valence-electron chi connectivity index (χ4n) is 3.32. The molecule has 4 nitrogen and oxygen atoms in total. The van der Waals surface area contributed by atoms with Gasteiger partial charge in [-0.15, -0.1) is 0 Å². The average molecular weight is 511 g/mol. The summed E-state index contributed by atoms with van der Waals surface area (Å²) >= 11 is 13.1. The highest BCUT2D eigenvalue weighted by Gasteiger charge is 2.21. The first kappa shape index (κ1) is 23.9. The number of aryl methyl sites for hydroxylation is 1. The third-order valence-corrected chi connectivity index (χ3v) is 5.70. The molecule has 0 bridgehead atoms. The number of nitrogens with zero attached hydrogens (tertiary/aromatic N) is 2. The highest BCUT2D eigenvalue weighted by Crippen LogP contribution is 2.39. The van der Waals surface area contributed by atoms with E-state index in [-0.39, 0.29) is 16.5 Å². The van der Waals surface area contributed by atoms with E-state index < -0.39 is 13.2 Å². The number of halogens is 6. The Morgan fingerprint density at radius 2 is 1.29 bits per heavy atom. The SMILES string of the molecule is Cc1ccc(-n2nc(-c3ccc(OC(F)F)cc3)c(Cl)c2-c2ccc(OC(F)F)cc2)cc1Cl. The number of aromatic nitrogens is 2. The molecule has 0 atom stereocenters. The van der Waals surface area contributed by atoms with Crippen molar-refractivity contribution < 1.29 is 27.0 Å². The van der Waals surface area contributed by atoms with Crippen LogP contribution >= 0.6 is 23.2 Å². The molecule has 1 aromatic heterocycles. The molecule has 0 aliphatic rings. The molecule has 4 aromatic rings. The van der Waals surface area contributed by atoms with Crippen LogP contribution in [-0.4, -0.2) is 23.0 Å². The predicted molar refractivity (Wildman–Crippen MR) is 122 cm³/mol. The molecule has 0 spiro atoms. The Balaban J connectivity index is 1.83. The van der Waals surface area contributed by atoms with Crippen molar-refractivity contribution in [3.8, 4) is 39.7 Å². The van der Waals surface area contributed by atoms with Crippen LogP contribution in [0.1, 0.15) is 5.56 Å². The minimum absolute atomic E-state index is 0.00513. The smallest absolute Gasteiger partial charge is 0.387 e. The van der Waals surface area contributed by atoms with Crippen molar-refractivity contribution in [3.63, 3.8) is 0 Å². The third kappa shape index (κ3) is 5.13. The van der Waals surface area contributed by atoms with Gasteiger partial charge in [-0.25, -0.2) is 4.68 Å². The fraction of sp³-hybridized carbons (Fsp3) is 0.125. The van der Waals surface area contributed by atoms with Gasteiger partial charge in [-0.05, 0) is 73.2 Å². The Morgan fingerprint density at radius 1 is 0.765 bits per heavy atom. The van der Waals surface area contributed by atoms with Crippen molar-refractivity contribution in [2.75, 3.05) is 0 Å². The van der Waals surface area contributed by atoms with Gasteiger partial charge in [0.25, 0.3) is 0 Å². The first-order valence-corrected chi connectivity index (χ1v) is 10.6. The van der Waals surface area contributed by atoms with Crippen molar-refractivity contribution >= 4 is 23.2 Å². The minimum Gasteiger partial charge on any atom is -0.435 e. The van der Waals surface area contributed by atoms with Crippen LogP contribution in [0.3, 0.4) is 0 Å². The Hall–Kier alpha value is -3.23. The molecule has 0 N–H and O–H groups in total. The Morgan fingerprint density at radius 3 is 1.79 bits per heavy atom. The Bertz CT molecular complexity index is 1290. The van der Waals surface area contributed by atoms with Crippen molar-refractivity contribution in [3.05, 3.63) is 82.3 Å². The molecule has 0 radical (unpaired) electrons. The highest BCUT2D eigenvalue weighted by atomic mass is 35.5. The molecule has 0 saturated heterocycles. The minimum atomic E-state index is -2.95. The summed E-state index contributed by atoms with van der Waals surface area (Å²) in [5, 5.41) is 5.43. The van der Waals surface area contributed by atoms with Crippen LogP contribution in [0.4, 0.5) is 17.6 Å². The van der Waals surface area contributed by atoms with Crippen LogP contribution in [0.25, 0.3) is 28.2 Å². The summed E-state index contributed by atoms with van der Waals surface area (Å²) in [4.78, 5) is 0. The normalized spacial score (nSPS) is 11.3. The van der Waals surface area contributed by atoms with Crippen LogP contribution in [0.15, 0.2) is 66.7 Å². The summed E-state index contributed by atoms with van der Waals surface area (Å²) in [5.41, 5.74) is 3.48. The van der Waals surface area contributed by atoms with E-state index in [4.69, 9.17) is 23.2 Å². The van der Waals surface area contributed by atoms with Gasteiger partial charge in [-0.1, -0.05) is 29.3 Å². The van der Waals surface area contributed by atoms with E-state index in [0.29, 0.717) is 33.2 Å². The standard InChI is InChI=1S/C24H16Cl2F4N2O2/c1-13-2-7-16(12-19(13)25)32-22(15-5-10-18(11-6-15)34-24(29)30)20(26)21(31-32)14-3-8-17(9-4-14)33-23(27)28/h2-12,23-24H,1H3. The molecule has 3 aromatic carbocycles. The van der Waals surface area contributed by atoms with Crippen molar-refractivity contribution in [1.82, 2.24) is 9.78 Å². The van der Waals surface area contributed by atoms with Gasteiger partial charge in [-0.3, -0.25) is 0 Å². The second-order valence-corrected chi connectivity index (χ2v) is 7.95. The molecule has 0 amide bonds. The number of ether oxygens (including phenoxy) is 2. The van der Waals surface area contributed by atoms with Crippen molar-refractivity contribution in [2.24, 2.45) is 0 Å². The molecule has 34 heavy (non-hydrogen) atoms. The van der Waals surface area contributed by atoms with E-state index in [0.717, 1.165) is 5.56 Å². The summed E-state index contributed by atoms with van der Waals surface area (Å²) in [6.07, 6.45) is 0. The van der Waals surface area contributed by atoms with Crippen LogP contribution in [-0.2, 0) is 0 Å². The van der Waals surface area contributed by atoms with Gasteiger partial charge in [0, 0.05) is 16.1 Å². The largest absolute Gasteiger partial charge is 0.435 e. The molecule has 1 heterocycles. The van der Waals surface area contributed by atoms with E-state index in [1.54, 1.807) is 35.0 Å². The predicted octanol–water partition coefficient (Wildman–Crippen LogP) is 8.02. The molecule has 4 rings (SSSR count). The molecular weight excluding hydrogens is 495 g/mol. The Labute approximate surface area is 202 Å². The van der Waals surface area contributed by atoms with E-state index in [9.17, 15) is 17.6 Å². The van der Waals surface area contributed by atoms with Crippen molar-refractivity contribution in [2.45, 2.75) is 20.1 Å². The average Bonchev–Trinajstić information content (AvgIpc) is 3.13. The maximum atomic E-state index is 12.5. The van der Waals surface area contributed by atoms with Gasteiger partial charge < -0.3 is 9.47 Å². The van der Waals surface area contributed by atoms with E-state index in [1.165, 1.54) is 24.3 Å². The molecule has 176 valence electrons. The monoisotopic (exact) mass is 510 g/mol. The maximum Gasteiger partial charge on any atom is 0.387 e. The summed E-state index contributed by atoms with van der Waals surface area (Å²) in [5.74, 6) is -0.0105. The van der Waals surface area contributed by atoms with Gasteiger partial charge in [0.05, 0.1) is 16.4 Å². The molecule has 0 aliphatic carbocycles. The van der Waals surface area contributed by atoms with E-state index in [1.807, 2.05) is 19.1 Å². The van der Waals surface area contributed by atoms with Crippen LogP contribution in [0, 0.1) is 6.92 Å². The molecular formula is C24H16Cl2F4N2O2. The van der Waals surface area contributed by atoms with Crippen LogP contribution in [0.2, 0.25) is 10.0 Å². The van der Waals surface area contributed by atoms with Crippen LogP contribution in [0.5, 0.6) is 11.5 Å². The quantitative estimate of drug-likeness (QED) is 0.236. The molecule has 10 heteroatoms. The fourth-order valence-corrected chi connectivity index (χ4v) is 3.83. The molecule has 0 aliphatic heterocycles. The highest BCUT2D eigenvalue weighted by molar-refractivity contribution is 6.35. The first-order chi connectivity index (χ1) is 16.2. The number of alkyl halides is 4. The van der Waals surface area contributed by atoms with Gasteiger partial charge in [0.15, 0.2) is 0 Å². The third-order valence-electron chi connectivity index (χ3n) is 4.93. The Kier molecular flexibility index (Phi) is 7.00. The maximum absolute atomic E-state index is 12.5. The summed E-state index contributed by atoms with van der Waals surface area (Å²) < 4.78 is 60.4. The summed E-state index contributed by atoms with van der Waals surface area (Å²) in [6, 6.07) is 17.2. The molecule has 0 unspecified atom stereocenters. The number of hydrogen-bond acceptors (Lipinski definition) is 3. The number of hydrogen-bond donors (Lipinski definition) is 0. The zero-order chi connectivity index (χ0) is 24.4. The lowest BCUT2D eigenvalue weighted by Crippen LogP contribution is -2.02. The van der Waals surface area contributed by atoms with Crippen molar-refractivity contribution in [1.29, 1.82) is 0 Å². The lowest BCUT2D eigenvalue weighted by Gasteiger charge is -2.10. The number of benzene rings is 3. The topological polar surface area (TPSA) is 36.3 Å². The van der Waals surface area contributed by atoms with Gasteiger partial charge in [0.1, 0.15) is 17.2 Å². The van der Waals surface area contributed by atoms with E-state index >= 15 is 0 Å². The van der Waals surface area contributed by atoms with Gasteiger partial charge in [0.2, 0.25) is 0 Å². The summed E-state index contributed by atoms with van der Waals surface area (Å²) in [6.45, 7) is -4.03. The molecule has 0 saturated carbocycles. The second kappa shape index (κ2) is 9.95. The van der Waals surface area contributed by atoms with Gasteiger partial charge in [-0.2, -0.15) is 22.7 Å². The zero-order valence-electron chi connectivity index (χ0n) is 17.5. The lowest BCUT2D eigenvalue weighted by molar-refractivity contribution is -0.0505. The molecule has 0 fully saturated rings. The van der Waals surface area contributed by atoms with Crippen LogP contribution < -0.4 is 9.47 Å². The van der Waals surface area contributed by atoms with Gasteiger partial charge >= 0.3 is 13.2 Å². The lowest BCUT2D eigenvalue weighted by atomic mass is 10.1.